The van der Waals surface area contributed by atoms with E-state index in [0.29, 0.717) is 12.0 Å². The van der Waals surface area contributed by atoms with E-state index in [1.54, 1.807) is 7.11 Å². The number of rotatable bonds is 4. The van der Waals surface area contributed by atoms with Gasteiger partial charge in [0, 0.05) is 26.2 Å². The molecule has 1 atom stereocenters. The third-order valence-corrected chi connectivity index (χ3v) is 3.47. The van der Waals surface area contributed by atoms with Gasteiger partial charge in [0.05, 0.1) is 5.60 Å². The first-order valence-electron chi connectivity index (χ1n) is 6.45. The van der Waals surface area contributed by atoms with Gasteiger partial charge >= 0.3 is 0 Å². The van der Waals surface area contributed by atoms with Gasteiger partial charge in [-0.05, 0) is 39.3 Å². The summed E-state index contributed by atoms with van der Waals surface area (Å²) in [5.74, 6) is 0.700. The summed E-state index contributed by atoms with van der Waals surface area (Å²) in [6, 6.07) is 0.621. The standard InChI is InChI=1S/C13H28N2O/c1-11(2)12-9-15(8-6-7-14-12)10-13(3,4)16-5/h11-12,14H,6-10H2,1-5H3. The van der Waals surface area contributed by atoms with E-state index in [2.05, 4.69) is 37.9 Å². The number of nitrogens with one attached hydrogen (secondary N) is 1. The van der Waals surface area contributed by atoms with Crippen LogP contribution in [0, 0.1) is 5.92 Å². The average Bonchev–Trinajstić information content (AvgIpc) is 2.43. The van der Waals surface area contributed by atoms with Crippen molar-refractivity contribution < 1.29 is 4.74 Å². The predicted molar refractivity (Wildman–Crippen MR) is 68.8 cm³/mol. The van der Waals surface area contributed by atoms with Crippen LogP contribution >= 0.6 is 0 Å². The lowest BCUT2D eigenvalue weighted by Gasteiger charge is -2.33. The van der Waals surface area contributed by atoms with E-state index in [9.17, 15) is 0 Å². The van der Waals surface area contributed by atoms with Gasteiger partial charge in [-0.3, -0.25) is 4.90 Å². The van der Waals surface area contributed by atoms with Crippen molar-refractivity contribution in [2.75, 3.05) is 33.3 Å². The largest absolute Gasteiger partial charge is 0.377 e. The van der Waals surface area contributed by atoms with Crippen LogP contribution < -0.4 is 5.32 Å². The Morgan fingerprint density at radius 3 is 2.69 bits per heavy atom. The molecule has 3 nitrogen and oxygen atoms in total. The minimum atomic E-state index is -0.0358. The van der Waals surface area contributed by atoms with Gasteiger partial charge in [-0.25, -0.2) is 0 Å². The minimum Gasteiger partial charge on any atom is -0.377 e. The highest BCUT2D eigenvalue weighted by atomic mass is 16.5. The number of hydrogen-bond donors (Lipinski definition) is 1. The molecule has 0 aromatic rings. The van der Waals surface area contributed by atoms with Crippen LogP contribution in [-0.4, -0.2) is 49.8 Å². The summed E-state index contributed by atoms with van der Waals surface area (Å²) in [5, 5.41) is 3.63. The van der Waals surface area contributed by atoms with Crippen molar-refractivity contribution in [2.45, 2.75) is 45.8 Å². The zero-order valence-electron chi connectivity index (χ0n) is 11.5. The molecule has 0 amide bonds. The van der Waals surface area contributed by atoms with Crippen molar-refractivity contribution in [3.8, 4) is 0 Å². The minimum absolute atomic E-state index is 0.0358. The molecule has 3 heteroatoms. The van der Waals surface area contributed by atoms with Crippen LogP contribution in [0.25, 0.3) is 0 Å². The van der Waals surface area contributed by atoms with Crippen molar-refractivity contribution in [1.29, 1.82) is 0 Å². The lowest BCUT2D eigenvalue weighted by Crippen LogP contribution is -2.46. The molecule has 0 aromatic heterocycles. The molecule has 0 radical (unpaired) electrons. The van der Waals surface area contributed by atoms with Gasteiger partial charge in [-0.2, -0.15) is 0 Å². The van der Waals surface area contributed by atoms with Crippen molar-refractivity contribution in [3.05, 3.63) is 0 Å². The maximum Gasteiger partial charge on any atom is 0.0749 e. The molecule has 1 aliphatic heterocycles. The van der Waals surface area contributed by atoms with E-state index < -0.39 is 0 Å². The van der Waals surface area contributed by atoms with Crippen LogP contribution in [0.1, 0.15) is 34.1 Å². The molecule has 96 valence electrons. The molecule has 0 saturated carbocycles. The summed E-state index contributed by atoms with van der Waals surface area (Å²) in [4.78, 5) is 2.54. The molecule has 1 N–H and O–H groups in total. The monoisotopic (exact) mass is 228 g/mol. The third kappa shape index (κ3) is 4.40. The fraction of sp³-hybridized carbons (Fsp3) is 1.00. The van der Waals surface area contributed by atoms with E-state index in [4.69, 9.17) is 4.74 Å². The number of hydrogen-bond acceptors (Lipinski definition) is 3. The first-order valence-corrected chi connectivity index (χ1v) is 6.45. The summed E-state index contributed by atoms with van der Waals surface area (Å²) < 4.78 is 5.51. The van der Waals surface area contributed by atoms with Crippen LogP contribution in [0.15, 0.2) is 0 Å². The Labute approximate surface area is 101 Å². The van der Waals surface area contributed by atoms with Crippen molar-refractivity contribution in [2.24, 2.45) is 5.92 Å². The lowest BCUT2D eigenvalue weighted by molar-refractivity contribution is -0.00851. The number of methoxy groups -OCH3 is 1. The van der Waals surface area contributed by atoms with E-state index in [1.807, 2.05) is 0 Å². The maximum atomic E-state index is 5.51. The Kier molecular flexibility index (Phi) is 5.22. The second kappa shape index (κ2) is 5.99. The van der Waals surface area contributed by atoms with Crippen LogP contribution in [0.4, 0.5) is 0 Å². The molecule has 1 heterocycles. The highest BCUT2D eigenvalue weighted by molar-refractivity contribution is 4.82. The molecule has 16 heavy (non-hydrogen) atoms. The van der Waals surface area contributed by atoms with Crippen LogP contribution in [0.5, 0.6) is 0 Å². The summed E-state index contributed by atoms with van der Waals surface area (Å²) in [5.41, 5.74) is -0.0358. The first-order chi connectivity index (χ1) is 7.44. The number of nitrogens with zero attached hydrogens (tertiary/aromatic N) is 1. The van der Waals surface area contributed by atoms with Crippen molar-refractivity contribution in [3.63, 3.8) is 0 Å². The fourth-order valence-corrected chi connectivity index (χ4v) is 2.22. The van der Waals surface area contributed by atoms with Gasteiger partial charge in [0.2, 0.25) is 0 Å². The van der Waals surface area contributed by atoms with E-state index in [0.717, 1.165) is 19.6 Å². The fourth-order valence-electron chi connectivity index (χ4n) is 2.22. The molecule has 1 unspecified atom stereocenters. The summed E-state index contributed by atoms with van der Waals surface area (Å²) in [7, 11) is 1.80. The highest BCUT2D eigenvalue weighted by Crippen LogP contribution is 2.14. The summed E-state index contributed by atoms with van der Waals surface area (Å²) in [6.07, 6.45) is 1.24. The Hall–Kier alpha value is -0.120. The Morgan fingerprint density at radius 1 is 1.44 bits per heavy atom. The van der Waals surface area contributed by atoms with E-state index in [1.165, 1.54) is 13.0 Å². The SMILES string of the molecule is COC(C)(C)CN1CCCNC(C(C)C)C1. The summed E-state index contributed by atoms with van der Waals surface area (Å²) >= 11 is 0. The quantitative estimate of drug-likeness (QED) is 0.793. The smallest absolute Gasteiger partial charge is 0.0749 e. The topological polar surface area (TPSA) is 24.5 Å². The first kappa shape index (κ1) is 13.9. The molecular weight excluding hydrogens is 200 g/mol. The van der Waals surface area contributed by atoms with Crippen LogP contribution in [-0.2, 0) is 4.74 Å². The van der Waals surface area contributed by atoms with Gasteiger partial charge in [-0.1, -0.05) is 13.8 Å². The molecular formula is C13H28N2O. The molecule has 1 fully saturated rings. The second-order valence-electron chi connectivity index (χ2n) is 5.86. The highest BCUT2D eigenvalue weighted by Gasteiger charge is 2.25. The molecule has 0 aliphatic carbocycles. The molecule has 0 aromatic carbocycles. The van der Waals surface area contributed by atoms with Crippen molar-refractivity contribution in [1.82, 2.24) is 10.2 Å². The van der Waals surface area contributed by atoms with Crippen molar-refractivity contribution >= 4 is 0 Å². The summed E-state index contributed by atoms with van der Waals surface area (Å²) in [6.45, 7) is 13.4. The Morgan fingerprint density at radius 2 is 2.12 bits per heavy atom. The normalized spacial score (nSPS) is 24.8. The Bertz CT molecular complexity index is 204. The van der Waals surface area contributed by atoms with Gasteiger partial charge in [0.1, 0.15) is 0 Å². The van der Waals surface area contributed by atoms with Crippen LogP contribution in [0.3, 0.4) is 0 Å². The second-order valence-corrected chi connectivity index (χ2v) is 5.86. The van der Waals surface area contributed by atoms with Crippen LogP contribution in [0.2, 0.25) is 0 Å². The zero-order valence-corrected chi connectivity index (χ0v) is 11.5. The molecule has 0 spiro atoms. The molecule has 1 saturated heterocycles. The predicted octanol–water partition coefficient (Wildman–Crippen LogP) is 1.73. The molecule has 1 rings (SSSR count). The average molecular weight is 228 g/mol. The van der Waals surface area contributed by atoms with Gasteiger partial charge < -0.3 is 10.1 Å². The lowest BCUT2D eigenvalue weighted by atomic mass is 10.0. The van der Waals surface area contributed by atoms with E-state index in [-0.39, 0.29) is 5.60 Å². The van der Waals surface area contributed by atoms with Gasteiger partial charge in [-0.15, -0.1) is 0 Å². The molecule has 0 bridgehead atoms. The van der Waals surface area contributed by atoms with E-state index >= 15 is 0 Å². The van der Waals surface area contributed by atoms with Gasteiger partial charge in [0.25, 0.3) is 0 Å². The maximum absolute atomic E-state index is 5.51. The molecule has 1 aliphatic rings. The van der Waals surface area contributed by atoms with Gasteiger partial charge in [0.15, 0.2) is 0 Å². The third-order valence-electron chi connectivity index (χ3n) is 3.47. The zero-order chi connectivity index (χ0) is 12.2. The Balaban J connectivity index is 2.52. The number of ether oxygens (including phenoxy) is 1.